The van der Waals surface area contributed by atoms with Crippen LogP contribution in [0.5, 0.6) is 0 Å². The number of rotatable bonds is 11. The van der Waals surface area contributed by atoms with E-state index < -0.39 is 45.5 Å². The number of amides is 2. The molecular weight excluding hydrogens is 753 g/mol. The van der Waals surface area contributed by atoms with Crippen LogP contribution >= 0.6 is 33.9 Å². The molecule has 11 nitrogen and oxygen atoms in total. The Labute approximate surface area is 290 Å². The van der Waals surface area contributed by atoms with Gasteiger partial charge in [-0.2, -0.15) is 0 Å². The molecule has 6 rings (SSSR count). The van der Waals surface area contributed by atoms with E-state index in [0.717, 1.165) is 21.6 Å². The lowest BCUT2D eigenvalue weighted by molar-refractivity contribution is -0.150. The van der Waals surface area contributed by atoms with Gasteiger partial charge in [-0.1, -0.05) is 119 Å². The van der Waals surface area contributed by atoms with Crippen molar-refractivity contribution in [3.8, 4) is 0 Å². The molecule has 0 bridgehead atoms. The Balaban J connectivity index is 1.31. The molecule has 4 aromatic rings. The number of fused-ring (bicyclic) bond motifs is 1. The Morgan fingerprint density at radius 1 is 1.04 bits per heavy atom. The highest BCUT2D eigenvalue weighted by molar-refractivity contribution is 14.1. The lowest BCUT2D eigenvalue weighted by Crippen LogP contribution is -2.74. The van der Waals surface area contributed by atoms with E-state index in [0.29, 0.717) is 15.1 Å². The fraction of sp³-hybridized carbons (Fsp3) is 0.182. The van der Waals surface area contributed by atoms with E-state index in [1.807, 2.05) is 114 Å². The number of nitrogens with one attached hydrogen (secondary N) is 2. The van der Waals surface area contributed by atoms with Crippen LogP contribution in [0.2, 0.25) is 0 Å². The number of carbonyl (C=O) groups is 3. The van der Waals surface area contributed by atoms with E-state index in [1.165, 1.54) is 18.4 Å². The van der Waals surface area contributed by atoms with Crippen molar-refractivity contribution >= 4 is 73.4 Å². The van der Waals surface area contributed by atoms with Gasteiger partial charge >= 0.3 is 5.97 Å². The Hall–Kier alpha value is -4.41. The highest BCUT2D eigenvalue weighted by Crippen LogP contribution is 2.41. The summed E-state index contributed by atoms with van der Waals surface area (Å²) in [5.41, 5.74) is 2.25. The smallest absolute Gasteiger partial charge is 0.352 e. The molecule has 14 heteroatoms. The van der Waals surface area contributed by atoms with Crippen LogP contribution in [-0.4, -0.2) is 71.4 Å². The molecule has 3 N–H and O–H groups in total. The summed E-state index contributed by atoms with van der Waals surface area (Å²) in [6, 6.07) is 28.7. The van der Waals surface area contributed by atoms with Gasteiger partial charge in [0.25, 0.3) is 11.8 Å². The topological polar surface area (TPSA) is 150 Å². The zero-order valence-electron chi connectivity index (χ0n) is 24.8. The van der Waals surface area contributed by atoms with Gasteiger partial charge in [0.2, 0.25) is 0 Å². The first-order valence-corrected chi connectivity index (χ1v) is 18.1. The summed E-state index contributed by atoms with van der Waals surface area (Å²) in [6.07, 6.45) is 0. The third-order valence-corrected chi connectivity index (χ3v) is 11.2. The van der Waals surface area contributed by atoms with Gasteiger partial charge in [-0.05, 0) is 22.3 Å². The molecule has 1 saturated heterocycles. The molecule has 2 unspecified atom stereocenters. The summed E-state index contributed by atoms with van der Waals surface area (Å²) < 4.78 is 13.4. The molecule has 2 amide bonds. The summed E-state index contributed by atoms with van der Waals surface area (Å²) in [5, 5.41) is 21.0. The quantitative estimate of drug-likeness (QED) is 0.0515. The Bertz CT molecular complexity index is 1810. The molecular formula is C33H28IN5O6S2. The zero-order chi connectivity index (χ0) is 33.1. The van der Waals surface area contributed by atoms with Gasteiger partial charge in [-0.3, -0.25) is 18.7 Å². The van der Waals surface area contributed by atoms with E-state index in [2.05, 4.69) is 15.8 Å². The van der Waals surface area contributed by atoms with Crippen molar-refractivity contribution in [1.29, 1.82) is 0 Å². The molecule has 3 atom stereocenters. The fourth-order valence-electron chi connectivity index (χ4n) is 5.84. The number of carboxylic acids is 1. The van der Waals surface area contributed by atoms with Crippen LogP contribution in [0.3, 0.4) is 0 Å². The fourth-order valence-corrected chi connectivity index (χ4v) is 9.28. The van der Waals surface area contributed by atoms with Crippen molar-refractivity contribution in [2.75, 3.05) is 22.6 Å². The van der Waals surface area contributed by atoms with Crippen LogP contribution < -0.4 is 10.6 Å². The first kappa shape index (κ1) is 32.5. The number of thiazole rings is 1. The molecule has 47 heavy (non-hydrogen) atoms. The number of benzene rings is 3. The maximum absolute atomic E-state index is 13.6. The number of halogens is 1. The van der Waals surface area contributed by atoms with Crippen LogP contribution in [0.25, 0.3) is 0 Å². The molecule has 0 radical (unpaired) electrons. The molecule has 3 aromatic carbocycles. The van der Waals surface area contributed by atoms with Crippen LogP contribution in [0.4, 0.5) is 5.13 Å². The molecule has 1 fully saturated rings. The number of hydrogen-bond donors (Lipinski definition) is 3. The molecule has 0 spiro atoms. The van der Waals surface area contributed by atoms with E-state index in [4.69, 9.17) is 9.82 Å². The first-order valence-electron chi connectivity index (χ1n) is 14.3. The number of carboxylic acid groups (broad SMARTS) is 1. The standard InChI is InChI=1S/C33H28IN5O6S2/c1-45-38-25(28(40)36-26-29(41)39-27(31(42)43)20(17-34)19-47(44)30(26)39)24-18-46-32(35-24)37-33(21-11-5-2-6-12-21,22-13-7-3-8-14-22)23-15-9-4-10-16-23/h2-16,18,26,30H,17,19H2,1H3,(H,35,37)(H,36,40)(H,42,43)/b38-25-/t26?,30-,47?/m0/s1. The number of aliphatic carboxylic acids is 1. The van der Waals surface area contributed by atoms with Gasteiger partial charge in [0, 0.05) is 9.81 Å². The lowest BCUT2D eigenvalue weighted by atomic mass is 9.77. The van der Waals surface area contributed by atoms with Gasteiger partial charge in [0.15, 0.2) is 10.8 Å². The zero-order valence-corrected chi connectivity index (χ0v) is 28.6. The SMILES string of the molecule is CO/N=C(\C(=O)NC1C(=O)N2C(C(=O)O)=C(CI)CS(=O)[C@@H]12)c1csc(NC(c2ccccc2)(c2ccccc2)c2ccccc2)n1. The molecule has 0 aliphatic carbocycles. The van der Waals surface area contributed by atoms with Crippen LogP contribution in [0, 0.1) is 0 Å². The minimum atomic E-state index is -1.62. The predicted octanol–water partition coefficient (Wildman–Crippen LogP) is 4.09. The van der Waals surface area contributed by atoms with Crippen molar-refractivity contribution in [2.45, 2.75) is 17.0 Å². The van der Waals surface area contributed by atoms with Crippen LogP contribution in [0.1, 0.15) is 22.4 Å². The molecule has 3 heterocycles. The van der Waals surface area contributed by atoms with Crippen molar-refractivity contribution in [1.82, 2.24) is 15.2 Å². The summed E-state index contributed by atoms with van der Waals surface area (Å²) >= 11 is 3.24. The Morgan fingerprint density at radius 3 is 2.09 bits per heavy atom. The number of β-lactam (4-membered cyclic amide) rings is 1. The Kier molecular flexibility index (Phi) is 9.52. The summed E-state index contributed by atoms with van der Waals surface area (Å²) in [7, 11) is -0.333. The van der Waals surface area contributed by atoms with E-state index >= 15 is 0 Å². The number of alkyl halides is 1. The second-order valence-electron chi connectivity index (χ2n) is 10.6. The summed E-state index contributed by atoms with van der Waals surface area (Å²) in [5.74, 6) is -2.72. The number of anilines is 1. The van der Waals surface area contributed by atoms with Crippen LogP contribution in [-0.2, 0) is 35.6 Å². The van der Waals surface area contributed by atoms with Crippen molar-refractivity contribution in [3.63, 3.8) is 0 Å². The third-order valence-electron chi connectivity index (χ3n) is 7.91. The molecule has 1 aromatic heterocycles. The largest absolute Gasteiger partial charge is 0.477 e. The number of oxime groups is 1. The second-order valence-corrected chi connectivity index (χ2v) is 13.8. The summed E-state index contributed by atoms with van der Waals surface area (Å²) in [4.78, 5) is 49.4. The highest BCUT2D eigenvalue weighted by Gasteiger charge is 2.57. The minimum Gasteiger partial charge on any atom is -0.477 e. The predicted molar refractivity (Wildman–Crippen MR) is 188 cm³/mol. The van der Waals surface area contributed by atoms with E-state index in [1.54, 1.807) is 5.38 Å². The first-order chi connectivity index (χ1) is 22.8. The average molecular weight is 782 g/mol. The normalized spacial score (nSPS) is 19.4. The number of aromatic nitrogens is 1. The maximum Gasteiger partial charge on any atom is 0.352 e. The van der Waals surface area contributed by atoms with Gasteiger partial charge in [-0.15, -0.1) is 11.3 Å². The molecule has 2 aliphatic rings. The van der Waals surface area contributed by atoms with Crippen molar-refractivity contribution in [3.05, 3.63) is 130 Å². The van der Waals surface area contributed by atoms with Gasteiger partial charge in [0.1, 0.15) is 35.5 Å². The molecule has 2 aliphatic heterocycles. The molecule has 0 saturated carbocycles. The van der Waals surface area contributed by atoms with Crippen molar-refractivity contribution in [2.24, 2.45) is 5.16 Å². The second kappa shape index (κ2) is 13.8. The highest BCUT2D eigenvalue weighted by atomic mass is 127. The van der Waals surface area contributed by atoms with E-state index in [9.17, 15) is 23.7 Å². The lowest BCUT2D eigenvalue weighted by Gasteiger charge is -2.48. The average Bonchev–Trinajstić information content (AvgIpc) is 3.56. The van der Waals surface area contributed by atoms with E-state index in [-0.39, 0.29) is 22.9 Å². The van der Waals surface area contributed by atoms with Gasteiger partial charge < -0.3 is 20.6 Å². The molecule has 240 valence electrons. The third kappa shape index (κ3) is 5.96. The summed E-state index contributed by atoms with van der Waals surface area (Å²) in [6.45, 7) is 0. The van der Waals surface area contributed by atoms with Gasteiger partial charge in [-0.25, -0.2) is 9.78 Å². The number of carbonyl (C=O) groups excluding carboxylic acids is 2. The monoisotopic (exact) mass is 781 g/mol. The van der Waals surface area contributed by atoms with Crippen LogP contribution in [0.15, 0.2) is 113 Å². The minimum absolute atomic E-state index is 0.00246. The number of hydrogen-bond acceptors (Lipinski definition) is 9. The van der Waals surface area contributed by atoms with Crippen molar-refractivity contribution < 1.29 is 28.5 Å². The van der Waals surface area contributed by atoms with Gasteiger partial charge in [0.05, 0.1) is 16.6 Å². The Morgan fingerprint density at radius 2 is 1.60 bits per heavy atom. The maximum atomic E-state index is 13.6. The number of nitrogens with zero attached hydrogens (tertiary/aromatic N) is 3.